The molecule has 0 aliphatic carbocycles. The molecule has 0 unspecified atom stereocenters. The summed E-state index contributed by atoms with van der Waals surface area (Å²) in [6, 6.07) is 17.6. The molecule has 0 fully saturated rings. The summed E-state index contributed by atoms with van der Waals surface area (Å²) >= 11 is 1.60. The predicted molar refractivity (Wildman–Crippen MR) is 99.2 cm³/mol. The van der Waals surface area contributed by atoms with Crippen molar-refractivity contribution < 1.29 is 4.79 Å². The van der Waals surface area contributed by atoms with E-state index in [9.17, 15) is 4.79 Å². The van der Waals surface area contributed by atoms with Crippen molar-refractivity contribution in [3.8, 4) is 10.6 Å². The molecule has 0 spiro atoms. The number of rotatable bonds is 4. The molecule has 2 amide bonds. The van der Waals surface area contributed by atoms with Crippen LogP contribution in [0.2, 0.25) is 0 Å². The van der Waals surface area contributed by atoms with Crippen molar-refractivity contribution in [2.75, 3.05) is 12.4 Å². The molecule has 3 rings (SSSR count). The number of carbonyl (C=O) groups is 1. The van der Waals surface area contributed by atoms with Gasteiger partial charge in [0.25, 0.3) is 0 Å². The van der Waals surface area contributed by atoms with Crippen LogP contribution in [0.3, 0.4) is 0 Å². The molecule has 0 radical (unpaired) electrons. The summed E-state index contributed by atoms with van der Waals surface area (Å²) in [6.45, 7) is 2.54. The first-order valence-corrected chi connectivity index (χ1v) is 8.58. The second-order valence-electron chi connectivity index (χ2n) is 5.65. The minimum Gasteiger partial charge on any atom is -0.323 e. The second-order valence-corrected chi connectivity index (χ2v) is 6.50. The van der Waals surface area contributed by atoms with Crippen molar-refractivity contribution in [2.45, 2.75) is 13.5 Å². The Bertz CT molecular complexity index is 829. The van der Waals surface area contributed by atoms with Gasteiger partial charge in [-0.2, -0.15) is 0 Å². The summed E-state index contributed by atoms with van der Waals surface area (Å²) in [7, 11) is 1.79. The van der Waals surface area contributed by atoms with Crippen molar-refractivity contribution in [2.24, 2.45) is 0 Å². The number of nitrogens with zero attached hydrogens (tertiary/aromatic N) is 2. The molecule has 24 heavy (non-hydrogen) atoms. The van der Waals surface area contributed by atoms with Gasteiger partial charge in [0.05, 0.1) is 0 Å². The summed E-state index contributed by atoms with van der Waals surface area (Å²) in [5.74, 6) is 0. The first-order valence-electron chi connectivity index (χ1n) is 7.70. The van der Waals surface area contributed by atoms with Crippen LogP contribution in [0.25, 0.3) is 10.6 Å². The van der Waals surface area contributed by atoms with Crippen LogP contribution < -0.4 is 5.32 Å². The zero-order chi connectivity index (χ0) is 16.9. The Labute approximate surface area is 145 Å². The van der Waals surface area contributed by atoms with Crippen molar-refractivity contribution in [1.82, 2.24) is 9.88 Å². The Kier molecular flexibility index (Phi) is 4.91. The highest BCUT2D eigenvalue weighted by Crippen LogP contribution is 2.26. The molecule has 1 aromatic heterocycles. The molecule has 0 aliphatic heterocycles. The van der Waals surface area contributed by atoms with Crippen molar-refractivity contribution in [1.29, 1.82) is 0 Å². The zero-order valence-electron chi connectivity index (χ0n) is 13.7. The van der Waals surface area contributed by atoms with Gasteiger partial charge in [-0.15, -0.1) is 11.3 Å². The number of nitrogens with one attached hydrogen (secondary N) is 1. The predicted octanol–water partition coefficient (Wildman–Crippen LogP) is 4.78. The van der Waals surface area contributed by atoms with Crippen LogP contribution >= 0.6 is 11.3 Å². The van der Waals surface area contributed by atoms with Gasteiger partial charge >= 0.3 is 6.03 Å². The normalized spacial score (nSPS) is 10.4. The lowest BCUT2D eigenvalue weighted by atomic mass is 10.2. The summed E-state index contributed by atoms with van der Waals surface area (Å²) < 4.78 is 0. The fourth-order valence-electron chi connectivity index (χ4n) is 2.36. The molecule has 4 nitrogen and oxygen atoms in total. The Morgan fingerprint density at radius 1 is 1.17 bits per heavy atom. The molecule has 0 saturated carbocycles. The molecular weight excluding hydrogens is 318 g/mol. The number of carbonyl (C=O) groups excluding carboxylic acids is 1. The molecular formula is C19H19N3OS. The van der Waals surface area contributed by atoms with E-state index in [2.05, 4.69) is 10.3 Å². The van der Waals surface area contributed by atoms with Gasteiger partial charge in [-0.1, -0.05) is 42.5 Å². The van der Waals surface area contributed by atoms with Gasteiger partial charge in [0.2, 0.25) is 0 Å². The maximum Gasteiger partial charge on any atom is 0.321 e. The number of thiazole rings is 1. The highest BCUT2D eigenvalue weighted by Gasteiger charge is 2.10. The monoisotopic (exact) mass is 337 g/mol. The number of aryl methyl sites for hydroxylation is 1. The molecule has 0 saturated heterocycles. The Morgan fingerprint density at radius 2 is 1.96 bits per heavy atom. The highest BCUT2D eigenvalue weighted by atomic mass is 32.1. The fourth-order valence-corrected chi connectivity index (χ4v) is 3.16. The van der Waals surface area contributed by atoms with Crippen molar-refractivity contribution in [3.63, 3.8) is 0 Å². The van der Waals surface area contributed by atoms with E-state index in [0.29, 0.717) is 6.54 Å². The number of hydrogen-bond acceptors (Lipinski definition) is 3. The summed E-state index contributed by atoms with van der Waals surface area (Å²) in [5.41, 5.74) is 3.89. The molecule has 1 heterocycles. The van der Waals surface area contributed by atoms with Gasteiger partial charge in [-0.3, -0.25) is 0 Å². The standard InChI is InChI=1S/C19H19N3OS/c1-14-13-24-18(20-14)16-9-6-10-17(11-16)21-19(23)22(2)12-15-7-4-3-5-8-15/h3-11,13H,12H2,1-2H3,(H,21,23). The van der Waals surface area contributed by atoms with E-state index in [-0.39, 0.29) is 6.03 Å². The molecule has 0 atom stereocenters. The maximum absolute atomic E-state index is 12.4. The molecule has 0 aliphatic rings. The lowest BCUT2D eigenvalue weighted by Gasteiger charge is -2.18. The quantitative estimate of drug-likeness (QED) is 0.744. The molecule has 3 aromatic rings. The van der Waals surface area contributed by atoms with Gasteiger partial charge in [-0.25, -0.2) is 9.78 Å². The van der Waals surface area contributed by atoms with Crippen LogP contribution in [0.1, 0.15) is 11.3 Å². The number of amides is 2. The average Bonchev–Trinajstić information content (AvgIpc) is 3.02. The van der Waals surface area contributed by atoms with Gasteiger partial charge in [0.15, 0.2) is 0 Å². The topological polar surface area (TPSA) is 45.2 Å². The van der Waals surface area contributed by atoms with E-state index in [1.165, 1.54) is 0 Å². The van der Waals surface area contributed by atoms with Crippen LogP contribution in [-0.4, -0.2) is 23.0 Å². The van der Waals surface area contributed by atoms with E-state index in [0.717, 1.165) is 27.5 Å². The van der Waals surface area contributed by atoms with Gasteiger partial charge in [-0.05, 0) is 24.6 Å². The third kappa shape index (κ3) is 4.00. The molecule has 5 heteroatoms. The van der Waals surface area contributed by atoms with Gasteiger partial charge in [0.1, 0.15) is 5.01 Å². The Morgan fingerprint density at radius 3 is 2.67 bits per heavy atom. The summed E-state index contributed by atoms with van der Waals surface area (Å²) in [4.78, 5) is 18.5. The molecule has 0 bridgehead atoms. The van der Waals surface area contributed by atoms with Crippen LogP contribution in [-0.2, 0) is 6.54 Å². The van der Waals surface area contributed by atoms with Crippen LogP contribution in [0.15, 0.2) is 60.0 Å². The first kappa shape index (κ1) is 16.2. The number of aromatic nitrogens is 1. The Balaban J connectivity index is 1.68. The number of anilines is 1. The molecule has 1 N–H and O–H groups in total. The SMILES string of the molecule is Cc1csc(-c2cccc(NC(=O)N(C)Cc3ccccc3)c2)n1. The number of hydrogen-bond donors (Lipinski definition) is 1. The van der Waals surface area contributed by atoms with Crippen LogP contribution in [0.5, 0.6) is 0 Å². The van der Waals surface area contributed by atoms with Crippen molar-refractivity contribution >= 4 is 23.1 Å². The largest absolute Gasteiger partial charge is 0.323 e. The minimum atomic E-state index is -0.133. The van der Waals surface area contributed by atoms with E-state index >= 15 is 0 Å². The first-order chi connectivity index (χ1) is 11.6. The Hall–Kier alpha value is -2.66. The van der Waals surface area contributed by atoms with E-state index in [1.807, 2.05) is 66.9 Å². The van der Waals surface area contributed by atoms with Gasteiger partial charge < -0.3 is 10.2 Å². The third-order valence-electron chi connectivity index (χ3n) is 3.59. The smallest absolute Gasteiger partial charge is 0.321 e. The minimum absolute atomic E-state index is 0.133. The molecule has 2 aromatic carbocycles. The third-order valence-corrected chi connectivity index (χ3v) is 4.60. The maximum atomic E-state index is 12.4. The summed E-state index contributed by atoms with van der Waals surface area (Å²) in [5, 5.41) is 5.92. The molecule has 122 valence electrons. The lowest BCUT2D eigenvalue weighted by Crippen LogP contribution is -2.30. The van der Waals surface area contributed by atoms with Crippen LogP contribution in [0, 0.1) is 6.92 Å². The van der Waals surface area contributed by atoms with E-state index in [4.69, 9.17) is 0 Å². The van der Waals surface area contributed by atoms with E-state index in [1.54, 1.807) is 23.3 Å². The lowest BCUT2D eigenvalue weighted by molar-refractivity contribution is 0.220. The zero-order valence-corrected chi connectivity index (χ0v) is 14.5. The average molecular weight is 337 g/mol. The second kappa shape index (κ2) is 7.27. The summed E-state index contributed by atoms with van der Waals surface area (Å²) in [6.07, 6.45) is 0. The highest BCUT2D eigenvalue weighted by molar-refractivity contribution is 7.13. The van der Waals surface area contributed by atoms with Gasteiger partial charge in [0, 0.05) is 35.9 Å². The van der Waals surface area contributed by atoms with E-state index < -0.39 is 0 Å². The number of urea groups is 1. The number of benzene rings is 2. The van der Waals surface area contributed by atoms with Crippen molar-refractivity contribution in [3.05, 3.63) is 71.2 Å². The fraction of sp³-hybridized carbons (Fsp3) is 0.158. The van der Waals surface area contributed by atoms with Crippen LogP contribution in [0.4, 0.5) is 10.5 Å².